The molecule has 5 heteroatoms. The number of halogens is 1. The monoisotopic (exact) mass is 327 g/mol. The SMILES string of the molecule is COc1ccc(OC)c(C(=O)N2CCCC2CBr)c1. The molecule has 1 heterocycles. The summed E-state index contributed by atoms with van der Waals surface area (Å²) in [7, 11) is 3.16. The fourth-order valence-electron chi connectivity index (χ4n) is 2.40. The molecule has 1 unspecified atom stereocenters. The van der Waals surface area contributed by atoms with Crippen LogP contribution in [-0.4, -0.2) is 42.9 Å². The second-order valence-corrected chi connectivity index (χ2v) is 5.16. The first-order chi connectivity index (χ1) is 9.21. The minimum atomic E-state index is 0.0118. The van der Waals surface area contributed by atoms with Crippen molar-refractivity contribution in [2.45, 2.75) is 18.9 Å². The Morgan fingerprint density at radius 1 is 1.42 bits per heavy atom. The molecular formula is C14H18BrNO3. The van der Waals surface area contributed by atoms with Crippen LogP contribution in [0.1, 0.15) is 23.2 Å². The van der Waals surface area contributed by atoms with Gasteiger partial charge in [0.15, 0.2) is 0 Å². The molecule has 19 heavy (non-hydrogen) atoms. The zero-order valence-corrected chi connectivity index (χ0v) is 12.8. The maximum absolute atomic E-state index is 12.6. The van der Waals surface area contributed by atoms with Gasteiger partial charge in [0.05, 0.1) is 19.8 Å². The summed E-state index contributed by atoms with van der Waals surface area (Å²) in [5.41, 5.74) is 0.565. The fourth-order valence-corrected chi connectivity index (χ4v) is 3.07. The lowest BCUT2D eigenvalue weighted by atomic mass is 10.1. The lowest BCUT2D eigenvalue weighted by Crippen LogP contribution is -2.36. The minimum Gasteiger partial charge on any atom is -0.497 e. The van der Waals surface area contributed by atoms with E-state index in [2.05, 4.69) is 15.9 Å². The first kappa shape index (κ1) is 14.2. The highest BCUT2D eigenvalue weighted by molar-refractivity contribution is 9.09. The summed E-state index contributed by atoms with van der Waals surface area (Å²) in [6.45, 7) is 0.801. The van der Waals surface area contributed by atoms with Crippen molar-refractivity contribution in [1.29, 1.82) is 0 Å². The Bertz CT molecular complexity index is 464. The van der Waals surface area contributed by atoms with Gasteiger partial charge in [0.1, 0.15) is 11.5 Å². The Morgan fingerprint density at radius 3 is 2.84 bits per heavy atom. The molecule has 0 aromatic heterocycles. The van der Waals surface area contributed by atoms with Gasteiger partial charge in [-0.2, -0.15) is 0 Å². The molecule has 1 aromatic rings. The first-order valence-corrected chi connectivity index (χ1v) is 7.42. The number of rotatable bonds is 4. The largest absolute Gasteiger partial charge is 0.497 e. The highest BCUT2D eigenvalue weighted by Gasteiger charge is 2.30. The van der Waals surface area contributed by atoms with E-state index in [1.54, 1.807) is 32.4 Å². The molecule has 104 valence electrons. The minimum absolute atomic E-state index is 0.0118. The third-order valence-corrected chi connectivity index (χ3v) is 4.20. The molecule has 1 fully saturated rings. The van der Waals surface area contributed by atoms with Crippen LogP contribution < -0.4 is 9.47 Å². The summed E-state index contributed by atoms with van der Waals surface area (Å²) in [6, 6.07) is 5.57. The number of amides is 1. The third-order valence-electron chi connectivity index (χ3n) is 3.45. The van der Waals surface area contributed by atoms with Crippen molar-refractivity contribution in [1.82, 2.24) is 4.90 Å². The van der Waals surface area contributed by atoms with Crippen LogP contribution in [0.2, 0.25) is 0 Å². The summed E-state index contributed by atoms with van der Waals surface area (Å²) in [6.07, 6.45) is 2.09. The van der Waals surface area contributed by atoms with E-state index in [-0.39, 0.29) is 11.9 Å². The van der Waals surface area contributed by atoms with Crippen molar-refractivity contribution in [2.75, 3.05) is 26.1 Å². The Morgan fingerprint density at radius 2 is 2.21 bits per heavy atom. The summed E-state index contributed by atoms with van der Waals surface area (Å²) >= 11 is 3.47. The molecule has 1 aromatic carbocycles. The molecule has 0 aliphatic carbocycles. The fraction of sp³-hybridized carbons (Fsp3) is 0.500. The van der Waals surface area contributed by atoms with Crippen LogP contribution in [-0.2, 0) is 0 Å². The van der Waals surface area contributed by atoms with Crippen molar-refractivity contribution in [3.63, 3.8) is 0 Å². The molecule has 0 spiro atoms. The second-order valence-electron chi connectivity index (χ2n) is 4.52. The van der Waals surface area contributed by atoms with Crippen molar-refractivity contribution in [3.05, 3.63) is 23.8 Å². The van der Waals surface area contributed by atoms with Gasteiger partial charge in [0, 0.05) is 17.9 Å². The van der Waals surface area contributed by atoms with Crippen LogP contribution in [0.3, 0.4) is 0 Å². The third kappa shape index (κ3) is 2.86. The van der Waals surface area contributed by atoms with E-state index in [4.69, 9.17) is 9.47 Å². The number of carbonyl (C=O) groups is 1. The van der Waals surface area contributed by atoms with E-state index in [0.29, 0.717) is 17.1 Å². The van der Waals surface area contributed by atoms with Gasteiger partial charge in [-0.3, -0.25) is 4.79 Å². The highest BCUT2D eigenvalue weighted by atomic mass is 79.9. The second kappa shape index (κ2) is 6.28. The molecule has 0 radical (unpaired) electrons. The lowest BCUT2D eigenvalue weighted by Gasteiger charge is -2.24. The number of nitrogens with zero attached hydrogens (tertiary/aromatic N) is 1. The van der Waals surface area contributed by atoms with E-state index < -0.39 is 0 Å². The Labute approximate surface area is 121 Å². The molecule has 1 amide bonds. The molecule has 1 aliphatic rings. The number of ether oxygens (including phenoxy) is 2. The number of hydrogen-bond acceptors (Lipinski definition) is 3. The Balaban J connectivity index is 2.31. The van der Waals surface area contributed by atoms with Gasteiger partial charge in [-0.1, -0.05) is 15.9 Å². The van der Waals surface area contributed by atoms with Crippen LogP contribution >= 0.6 is 15.9 Å². The van der Waals surface area contributed by atoms with E-state index >= 15 is 0 Å². The molecule has 0 bridgehead atoms. The standard InChI is InChI=1S/C14H18BrNO3/c1-18-11-5-6-13(19-2)12(8-11)14(17)16-7-3-4-10(16)9-15/h5-6,8,10H,3-4,7,9H2,1-2H3. The number of hydrogen-bond donors (Lipinski definition) is 0. The maximum Gasteiger partial charge on any atom is 0.258 e. The molecule has 1 atom stereocenters. The van der Waals surface area contributed by atoms with Gasteiger partial charge in [0.25, 0.3) is 5.91 Å². The van der Waals surface area contributed by atoms with Gasteiger partial charge in [0.2, 0.25) is 0 Å². The van der Waals surface area contributed by atoms with Gasteiger partial charge < -0.3 is 14.4 Å². The van der Waals surface area contributed by atoms with Crippen molar-refractivity contribution >= 4 is 21.8 Å². The Hall–Kier alpha value is -1.23. The number of carbonyl (C=O) groups excluding carboxylic acids is 1. The Kier molecular flexibility index (Phi) is 4.69. The molecular weight excluding hydrogens is 310 g/mol. The van der Waals surface area contributed by atoms with Gasteiger partial charge in [-0.15, -0.1) is 0 Å². The maximum atomic E-state index is 12.6. The summed E-state index contributed by atoms with van der Waals surface area (Å²) in [5.74, 6) is 1.27. The number of methoxy groups -OCH3 is 2. The molecule has 0 saturated carbocycles. The summed E-state index contributed by atoms with van der Waals surface area (Å²) < 4.78 is 10.5. The smallest absolute Gasteiger partial charge is 0.258 e. The van der Waals surface area contributed by atoms with E-state index in [0.717, 1.165) is 24.7 Å². The molecule has 1 aliphatic heterocycles. The van der Waals surface area contributed by atoms with Crippen LogP contribution in [0.5, 0.6) is 11.5 Å². The number of alkyl halides is 1. The molecule has 4 nitrogen and oxygen atoms in total. The average Bonchev–Trinajstić information content (AvgIpc) is 2.94. The van der Waals surface area contributed by atoms with Gasteiger partial charge in [-0.05, 0) is 31.0 Å². The number of likely N-dealkylation sites (tertiary alicyclic amines) is 1. The van der Waals surface area contributed by atoms with E-state index in [1.165, 1.54) is 0 Å². The van der Waals surface area contributed by atoms with E-state index in [9.17, 15) is 4.79 Å². The van der Waals surface area contributed by atoms with Gasteiger partial charge in [-0.25, -0.2) is 0 Å². The summed E-state index contributed by atoms with van der Waals surface area (Å²) in [5, 5.41) is 0.811. The zero-order chi connectivity index (χ0) is 13.8. The van der Waals surface area contributed by atoms with Crippen LogP contribution in [0.4, 0.5) is 0 Å². The molecule has 2 rings (SSSR count). The van der Waals surface area contributed by atoms with Crippen molar-refractivity contribution < 1.29 is 14.3 Å². The van der Waals surface area contributed by atoms with E-state index in [1.807, 2.05) is 4.90 Å². The molecule has 1 saturated heterocycles. The highest BCUT2D eigenvalue weighted by Crippen LogP contribution is 2.28. The average molecular weight is 328 g/mol. The predicted octanol–water partition coefficient (Wildman–Crippen LogP) is 2.70. The lowest BCUT2D eigenvalue weighted by molar-refractivity contribution is 0.0746. The van der Waals surface area contributed by atoms with Gasteiger partial charge >= 0.3 is 0 Å². The normalized spacial score (nSPS) is 18.5. The van der Waals surface area contributed by atoms with Crippen LogP contribution in [0.25, 0.3) is 0 Å². The zero-order valence-electron chi connectivity index (χ0n) is 11.2. The first-order valence-electron chi connectivity index (χ1n) is 6.30. The predicted molar refractivity (Wildman–Crippen MR) is 77.4 cm³/mol. The van der Waals surface area contributed by atoms with Crippen LogP contribution in [0.15, 0.2) is 18.2 Å². The molecule has 0 N–H and O–H groups in total. The quantitative estimate of drug-likeness (QED) is 0.798. The van der Waals surface area contributed by atoms with Crippen molar-refractivity contribution in [3.8, 4) is 11.5 Å². The van der Waals surface area contributed by atoms with Crippen LogP contribution in [0, 0.1) is 0 Å². The summed E-state index contributed by atoms with van der Waals surface area (Å²) in [4.78, 5) is 14.5. The topological polar surface area (TPSA) is 38.8 Å². The number of benzene rings is 1. The van der Waals surface area contributed by atoms with Crippen molar-refractivity contribution in [2.24, 2.45) is 0 Å².